The largest absolute Gasteiger partial charge is 0.355 e. The van der Waals surface area contributed by atoms with Crippen molar-refractivity contribution in [1.82, 2.24) is 10.6 Å². The molecule has 1 amide bonds. The summed E-state index contributed by atoms with van der Waals surface area (Å²) in [5.41, 5.74) is 0. The van der Waals surface area contributed by atoms with Crippen LogP contribution in [-0.4, -0.2) is 24.5 Å². The molecule has 2 atom stereocenters. The van der Waals surface area contributed by atoms with E-state index in [0.29, 0.717) is 12.6 Å². The number of carbonyl (C=O) groups is 1. The SMILES string of the molecule is CCNC(=O)C(C)NC(C)CCC(C)C. The van der Waals surface area contributed by atoms with E-state index in [0.717, 1.165) is 12.3 Å². The Morgan fingerprint density at radius 2 is 1.73 bits per heavy atom. The van der Waals surface area contributed by atoms with Crippen molar-refractivity contribution in [3.8, 4) is 0 Å². The lowest BCUT2D eigenvalue weighted by molar-refractivity contribution is -0.122. The molecule has 2 unspecified atom stereocenters. The molecule has 90 valence electrons. The van der Waals surface area contributed by atoms with Crippen LogP contribution in [0.4, 0.5) is 0 Å². The Hall–Kier alpha value is -0.570. The van der Waals surface area contributed by atoms with E-state index in [1.165, 1.54) is 6.42 Å². The molecule has 0 radical (unpaired) electrons. The van der Waals surface area contributed by atoms with Crippen LogP contribution in [0.15, 0.2) is 0 Å². The molecule has 0 saturated heterocycles. The van der Waals surface area contributed by atoms with Gasteiger partial charge in [-0.1, -0.05) is 13.8 Å². The molecule has 0 aromatic heterocycles. The second-order valence-electron chi connectivity index (χ2n) is 4.66. The predicted octanol–water partition coefficient (Wildman–Crippen LogP) is 1.93. The fourth-order valence-corrected chi connectivity index (χ4v) is 1.50. The van der Waals surface area contributed by atoms with Crippen molar-refractivity contribution >= 4 is 5.91 Å². The van der Waals surface area contributed by atoms with Gasteiger partial charge in [0.15, 0.2) is 0 Å². The first kappa shape index (κ1) is 14.4. The molecule has 0 fully saturated rings. The first-order valence-electron chi connectivity index (χ1n) is 6.01. The Morgan fingerprint density at radius 3 is 2.20 bits per heavy atom. The number of rotatable bonds is 7. The Balaban J connectivity index is 3.74. The van der Waals surface area contributed by atoms with Gasteiger partial charge < -0.3 is 10.6 Å². The second kappa shape index (κ2) is 7.69. The lowest BCUT2D eigenvalue weighted by Gasteiger charge is -2.20. The van der Waals surface area contributed by atoms with Gasteiger partial charge in [-0.2, -0.15) is 0 Å². The van der Waals surface area contributed by atoms with Gasteiger partial charge in [0.05, 0.1) is 6.04 Å². The summed E-state index contributed by atoms with van der Waals surface area (Å²) >= 11 is 0. The smallest absolute Gasteiger partial charge is 0.236 e. The highest BCUT2D eigenvalue weighted by atomic mass is 16.2. The van der Waals surface area contributed by atoms with E-state index < -0.39 is 0 Å². The third-order valence-electron chi connectivity index (χ3n) is 2.46. The number of nitrogens with one attached hydrogen (secondary N) is 2. The average Bonchev–Trinajstić information content (AvgIpc) is 2.15. The Morgan fingerprint density at radius 1 is 1.13 bits per heavy atom. The number of amides is 1. The molecule has 0 heterocycles. The molecule has 3 heteroatoms. The molecular weight excluding hydrogens is 188 g/mol. The maximum absolute atomic E-state index is 11.4. The van der Waals surface area contributed by atoms with E-state index in [2.05, 4.69) is 31.4 Å². The summed E-state index contributed by atoms with van der Waals surface area (Å²) in [7, 11) is 0. The highest BCUT2D eigenvalue weighted by Crippen LogP contribution is 2.06. The van der Waals surface area contributed by atoms with Gasteiger partial charge >= 0.3 is 0 Å². The van der Waals surface area contributed by atoms with E-state index in [9.17, 15) is 4.79 Å². The van der Waals surface area contributed by atoms with Crippen molar-refractivity contribution in [3.05, 3.63) is 0 Å². The predicted molar refractivity (Wildman–Crippen MR) is 64.8 cm³/mol. The molecule has 0 aliphatic heterocycles. The Bertz CT molecular complexity index is 180. The molecular formula is C12H26N2O. The molecule has 0 rings (SSSR count). The first-order chi connectivity index (χ1) is 6.97. The third-order valence-corrected chi connectivity index (χ3v) is 2.46. The van der Waals surface area contributed by atoms with Crippen LogP contribution in [0.3, 0.4) is 0 Å². The minimum Gasteiger partial charge on any atom is -0.355 e. The summed E-state index contributed by atoms with van der Waals surface area (Å²) in [4.78, 5) is 11.4. The molecule has 0 bridgehead atoms. The monoisotopic (exact) mass is 214 g/mol. The van der Waals surface area contributed by atoms with Crippen molar-refractivity contribution in [2.45, 2.75) is 59.5 Å². The average molecular weight is 214 g/mol. The van der Waals surface area contributed by atoms with Gasteiger partial charge in [0.2, 0.25) is 5.91 Å². The van der Waals surface area contributed by atoms with Crippen molar-refractivity contribution in [3.63, 3.8) is 0 Å². The van der Waals surface area contributed by atoms with Crippen LogP contribution in [-0.2, 0) is 4.79 Å². The zero-order chi connectivity index (χ0) is 11.8. The summed E-state index contributed by atoms with van der Waals surface area (Å²) in [5, 5.41) is 6.12. The molecule has 0 aromatic carbocycles. The number of hydrogen-bond donors (Lipinski definition) is 2. The maximum Gasteiger partial charge on any atom is 0.236 e. The van der Waals surface area contributed by atoms with Gasteiger partial charge in [0.25, 0.3) is 0 Å². The highest BCUT2D eigenvalue weighted by Gasteiger charge is 2.14. The summed E-state index contributed by atoms with van der Waals surface area (Å²) in [6.07, 6.45) is 2.33. The normalized spacial score (nSPS) is 15.1. The van der Waals surface area contributed by atoms with Crippen molar-refractivity contribution in [1.29, 1.82) is 0 Å². The third kappa shape index (κ3) is 7.37. The number of hydrogen-bond acceptors (Lipinski definition) is 2. The molecule has 3 nitrogen and oxygen atoms in total. The van der Waals surface area contributed by atoms with E-state index in [-0.39, 0.29) is 11.9 Å². The fourth-order valence-electron chi connectivity index (χ4n) is 1.50. The number of likely N-dealkylation sites (N-methyl/N-ethyl adjacent to an activating group) is 1. The molecule has 0 spiro atoms. The maximum atomic E-state index is 11.4. The highest BCUT2D eigenvalue weighted by molar-refractivity contribution is 5.81. The quantitative estimate of drug-likeness (QED) is 0.680. The van der Waals surface area contributed by atoms with Gasteiger partial charge in [-0.15, -0.1) is 0 Å². The molecule has 0 aromatic rings. The Labute approximate surface area is 94.0 Å². The summed E-state index contributed by atoms with van der Waals surface area (Å²) < 4.78 is 0. The van der Waals surface area contributed by atoms with Crippen molar-refractivity contribution in [2.24, 2.45) is 5.92 Å². The minimum atomic E-state index is -0.0906. The number of carbonyl (C=O) groups excluding carboxylic acids is 1. The molecule has 0 aliphatic rings. The van der Waals surface area contributed by atoms with Gasteiger partial charge in [0.1, 0.15) is 0 Å². The fraction of sp³-hybridized carbons (Fsp3) is 0.917. The van der Waals surface area contributed by atoms with Crippen molar-refractivity contribution in [2.75, 3.05) is 6.54 Å². The minimum absolute atomic E-state index is 0.0906. The first-order valence-corrected chi connectivity index (χ1v) is 6.01. The second-order valence-corrected chi connectivity index (χ2v) is 4.66. The lowest BCUT2D eigenvalue weighted by atomic mass is 10.0. The lowest BCUT2D eigenvalue weighted by Crippen LogP contribution is -2.45. The van der Waals surface area contributed by atoms with Crippen LogP contribution in [0.1, 0.15) is 47.5 Å². The van der Waals surface area contributed by atoms with Gasteiger partial charge in [-0.3, -0.25) is 4.79 Å². The van der Waals surface area contributed by atoms with E-state index in [1.54, 1.807) is 0 Å². The zero-order valence-corrected chi connectivity index (χ0v) is 10.8. The molecule has 0 aliphatic carbocycles. The van der Waals surface area contributed by atoms with Gasteiger partial charge in [-0.25, -0.2) is 0 Å². The van der Waals surface area contributed by atoms with E-state index >= 15 is 0 Å². The molecule has 0 saturated carbocycles. The molecule has 2 N–H and O–H groups in total. The van der Waals surface area contributed by atoms with Crippen LogP contribution in [0.5, 0.6) is 0 Å². The standard InChI is InChI=1S/C12H26N2O/c1-6-13-12(15)11(5)14-10(4)8-7-9(2)3/h9-11,14H,6-8H2,1-5H3,(H,13,15). The summed E-state index contributed by atoms with van der Waals surface area (Å²) in [5.74, 6) is 0.822. The van der Waals surface area contributed by atoms with Gasteiger partial charge in [0, 0.05) is 12.6 Å². The van der Waals surface area contributed by atoms with Crippen LogP contribution in [0.25, 0.3) is 0 Å². The van der Waals surface area contributed by atoms with Crippen LogP contribution in [0, 0.1) is 5.92 Å². The topological polar surface area (TPSA) is 41.1 Å². The van der Waals surface area contributed by atoms with Gasteiger partial charge in [-0.05, 0) is 39.5 Å². The van der Waals surface area contributed by atoms with Crippen molar-refractivity contribution < 1.29 is 4.79 Å². The van der Waals surface area contributed by atoms with Crippen LogP contribution >= 0.6 is 0 Å². The summed E-state index contributed by atoms with van der Waals surface area (Å²) in [6.45, 7) is 11.1. The van der Waals surface area contributed by atoms with Crippen LogP contribution in [0.2, 0.25) is 0 Å². The van der Waals surface area contributed by atoms with Crippen LogP contribution < -0.4 is 10.6 Å². The molecule has 15 heavy (non-hydrogen) atoms. The van der Waals surface area contributed by atoms with E-state index in [4.69, 9.17) is 0 Å². The summed E-state index contributed by atoms with van der Waals surface area (Å²) in [6, 6.07) is 0.317. The van der Waals surface area contributed by atoms with E-state index in [1.807, 2.05) is 13.8 Å². The Kier molecular flexibility index (Phi) is 7.39. The zero-order valence-electron chi connectivity index (χ0n) is 10.8.